The number of Topliss-reactive ketones (excluding diaryl/α,β-unsaturated/α-hetero) is 1. The van der Waals surface area contributed by atoms with E-state index in [1.807, 2.05) is 37.3 Å². The molecule has 0 unspecified atom stereocenters. The molecule has 0 aromatic heterocycles. The van der Waals surface area contributed by atoms with Crippen LogP contribution in [0.5, 0.6) is 0 Å². The van der Waals surface area contributed by atoms with E-state index in [-0.39, 0.29) is 30.4 Å². The second-order valence-electron chi connectivity index (χ2n) is 8.31. The molecule has 2 aromatic carbocycles. The maximum Gasteiger partial charge on any atom is 0.306 e. The van der Waals surface area contributed by atoms with Crippen molar-refractivity contribution in [1.29, 1.82) is 0 Å². The van der Waals surface area contributed by atoms with Crippen LogP contribution < -0.4 is 4.90 Å². The van der Waals surface area contributed by atoms with Gasteiger partial charge in [0, 0.05) is 50.8 Å². The lowest BCUT2D eigenvalue weighted by molar-refractivity contribution is -0.142. The summed E-state index contributed by atoms with van der Waals surface area (Å²) in [6.45, 7) is 3.88. The molecule has 1 aliphatic rings. The van der Waals surface area contributed by atoms with Crippen molar-refractivity contribution in [3.63, 3.8) is 0 Å². The second-order valence-corrected chi connectivity index (χ2v) is 8.31. The molecule has 164 valence electrons. The van der Waals surface area contributed by atoms with Gasteiger partial charge in [0.1, 0.15) is 0 Å². The molecule has 0 saturated carbocycles. The summed E-state index contributed by atoms with van der Waals surface area (Å²) in [6, 6.07) is 15.4. The summed E-state index contributed by atoms with van der Waals surface area (Å²) in [5.74, 6) is -1.05. The molecule has 0 radical (unpaired) electrons. The van der Waals surface area contributed by atoms with E-state index in [4.69, 9.17) is 5.11 Å². The van der Waals surface area contributed by atoms with Crippen LogP contribution in [0.3, 0.4) is 0 Å². The predicted octanol–water partition coefficient (Wildman–Crippen LogP) is 3.92. The highest BCUT2D eigenvalue weighted by molar-refractivity contribution is 5.97. The van der Waals surface area contributed by atoms with Crippen molar-refractivity contribution in [2.45, 2.75) is 39.2 Å². The predicted molar refractivity (Wildman–Crippen MR) is 120 cm³/mol. The molecule has 1 heterocycles. The molecule has 6 nitrogen and oxygen atoms in total. The van der Waals surface area contributed by atoms with Gasteiger partial charge in [-0.3, -0.25) is 14.4 Å². The second kappa shape index (κ2) is 10.2. The van der Waals surface area contributed by atoms with Gasteiger partial charge < -0.3 is 14.9 Å². The summed E-state index contributed by atoms with van der Waals surface area (Å²) in [4.78, 5) is 39.8. The highest BCUT2D eigenvalue weighted by atomic mass is 16.4. The van der Waals surface area contributed by atoms with E-state index < -0.39 is 5.97 Å². The highest BCUT2D eigenvalue weighted by Gasteiger charge is 2.24. The molecule has 31 heavy (non-hydrogen) atoms. The van der Waals surface area contributed by atoms with Gasteiger partial charge in [-0.1, -0.05) is 42.0 Å². The number of nitrogens with zero attached hydrogens (tertiary/aromatic N) is 2. The number of benzene rings is 2. The van der Waals surface area contributed by atoms with Gasteiger partial charge in [0.05, 0.1) is 5.92 Å². The average Bonchev–Trinajstić information content (AvgIpc) is 2.78. The van der Waals surface area contributed by atoms with Crippen LogP contribution in [0.1, 0.15) is 47.2 Å². The fraction of sp³-hybridized carbons (Fsp3) is 0.400. The molecule has 0 spiro atoms. The smallest absolute Gasteiger partial charge is 0.306 e. The first-order valence-corrected chi connectivity index (χ1v) is 10.7. The topological polar surface area (TPSA) is 77.9 Å². The number of piperidine rings is 1. The number of aryl methyl sites for hydroxylation is 1. The van der Waals surface area contributed by atoms with E-state index in [2.05, 4.69) is 11.0 Å². The number of rotatable bonds is 8. The summed E-state index contributed by atoms with van der Waals surface area (Å²) >= 11 is 0. The summed E-state index contributed by atoms with van der Waals surface area (Å²) in [5, 5.41) is 9.17. The van der Waals surface area contributed by atoms with Gasteiger partial charge in [0.25, 0.3) is 0 Å². The summed E-state index contributed by atoms with van der Waals surface area (Å²) in [5.41, 5.74) is 3.80. The number of hydrogen-bond donors (Lipinski definition) is 1. The molecule has 0 bridgehead atoms. The van der Waals surface area contributed by atoms with Crippen LogP contribution in [0, 0.1) is 12.8 Å². The lowest BCUT2D eigenvalue weighted by Gasteiger charge is -2.32. The van der Waals surface area contributed by atoms with Gasteiger partial charge in [-0.05, 0) is 37.5 Å². The van der Waals surface area contributed by atoms with Crippen molar-refractivity contribution in [2.24, 2.45) is 5.92 Å². The first kappa shape index (κ1) is 22.5. The zero-order valence-corrected chi connectivity index (χ0v) is 18.2. The number of carboxylic acids is 1. The number of carboxylic acid groups (broad SMARTS) is 1. The van der Waals surface area contributed by atoms with E-state index in [9.17, 15) is 14.4 Å². The lowest BCUT2D eigenvalue weighted by Crippen LogP contribution is -2.36. The minimum Gasteiger partial charge on any atom is -0.481 e. The molecule has 1 saturated heterocycles. The zero-order chi connectivity index (χ0) is 22.4. The molecule has 1 fully saturated rings. The number of hydrogen-bond acceptors (Lipinski definition) is 4. The Morgan fingerprint density at radius 1 is 1.03 bits per heavy atom. The number of anilines is 1. The Kier molecular flexibility index (Phi) is 7.45. The third-order valence-corrected chi connectivity index (χ3v) is 5.90. The molecule has 6 heteroatoms. The van der Waals surface area contributed by atoms with Gasteiger partial charge in [-0.2, -0.15) is 0 Å². The number of aliphatic carboxylic acids is 1. The van der Waals surface area contributed by atoms with E-state index in [1.165, 1.54) is 0 Å². The Balaban J connectivity index is 1.51. The molecule has 3 rings (SSSR count). The van der Waals surface area contributed by atoms with Crippen LogP contribution in [0.2, 0.25) is 0 Å². The fourth-order valence-corrected chi connectivity index (χ4v) is 3.89. The summed E-state index contributed by atoms with van der Waals surface area (Å²) in [6.07, 6.45) is 1.68. The van der Waals surface area contributed by atoms with E-state index >= 15 is 0 Å². The van der Waals surface area contributed by atoms with Crippen molar-refractivity contribution in [2.75, 3.05) is 25.0 Å². The van der Waals surface area contributed by atoms with E-state index in [0.717, 1.165) is 29.9 Å². The Morgan fingerprint density at radius 2 is 1.71 bits per heavy atom. The van der Waals surface area contributed by atoms with Crippen molar-refractivity contribution in [3.8, 4) is 0 Å². The first-order chi connectivity index (χ1) is 14.8. The van der Waals surface area contributed by atoms with E-state index in [1.54, 1.807) is 24.1 Å². The number of carbonyl (C=O) groups is 3. The maximum absolute atomic E-state index is 12.5. The molecule has 1 N–H and O–H groups in total. The van der Waals surface area contributed by atoms with Crippen molar-refractivity contribution in [3.05, 3.63) is 65.2 Å². The number of carbonyl (C=O) groups excluding carboxylic acids is 2. The van der Waals surface area contributed by atoms with Crippen LogP contribution in [-0.4, -0.2) is 47.8 Å². The molecule has 0 aliphatic carbocycles. The SMILES string of the molecule is Cc1ccc(C(=O)CCC(=O)N(C)Cc2cccc(N3CCC(C(=O)O)CC3)c2)cc1. The van der Waals surface area contributed by atoms with Gasteiger partial charge in [-0.15, -0.1) is 0 Å². The minimum atomic E-state index is -0.714. The van der Waals surface area contributed by atoms with Crippen LogP contribution >= 0.6 is 0 Å². The molecule has 2 aromatic rings. The monoisotopic (exact) mass is 422 g/mol. The fourth-order valence-electron chi connectivity index (χ4n) is 3.89. The normalized spacial score (nSPS) is 14.3. The first-order valence-electron chi connectivity index (χ1n) is 10.7. The van der Waals surface area contributed by atoms with Gasteiger partial charge in [-0.25, -0.2) is 0 Å². The minimum absolute atomic E-state index is 0.0199. The highest BCUT2D eigenvalue weighted by Crippen LogP contribution is 2.24. The Hall–Kier alpha value is -3.15. The van der Waals surface area contributed by atoms with Gasteiger partial charge in [0.15, 0.2) is 5.78 Å². The average molecular weight is 423 g/mol. The van der Waals surface area contributed by atoms with Gasteiger partial charge in [0.2, 0.25) is 5.91 Å². The third-order valence-electron chi connectivity index (χ3n) is 5.90. The Labute approximate surface area is 183 Å². The van der Waals surface area contributed by atoms with Crippen LogP contribution in [-0.2, 0) is 16.1 Å². The van der Waals surface area contributed by atoms with Crippen molar-refractivity contribution in [1.82, 2.24) is 4.90 Å². The van der Waals surface area contributed by atoms with Crippen molar-refractivity contribution < 1.29 is 19.5 Å². The standard InChI is InChI=1S/C25H30N2O4/c1-18-6-8-20(9-7-18)23(28)10-11-24(29)26(2)17-19-4-3-5-22(16-19)27-14-12-21(13-15-27)25(30)31/h3-9,16,21H,10-15,17H2,1-2H3,(H,30,31). The molecule has 0 atom stereocenters. The third kappa shape index (κ3) is 6.17. The molecular weight excluding hydrogens is 392 g/mol. The summed E-state index contributed by atoms with van der Waals surface area (Å²) in [7, 11) is 1.75. The van der Waals surface area contributed by atoms with Crippen LogP contribution in [0.4, 0.5) is 5.69 Å². The molecular formula is C25H30N2O4. The number of ketones is 1. The quantitative estimate of drug-likeness (QED) is 0.653. The molecule has 1 aliphatic heterocycles. The molecule has 1 amide bonds. The lowest BCUT2D eigenvalue weighted by atomic mass is 9.96. The summed E-state index contributed by atoms with van der Waals surface area (Å²) < 4.78 is 0. The number of amides is 1. The Bertz CT molecular complexity index is 931. The van der Waals surface area contributed by atoms with Crippen LogP contribution in [0.15, 0.2) is 48.5 Å². The zero-order valence-electron chi connectivity index (χ0n) is 18.2. The Morgan fingerprint density at radius 3 is 2.35 bits per heavy atom. The van der Waals surface area contributed by atoms with E-state index in [0.29, 0.717) is 24.9 Å². The van der Waals surface area contributed by atoms with Crippen LogP contribution in [0.25, 0.3) is 0 Å². The van der Waals surface area contributed by atoms with Gasteiger partial charge >= 0.3 is 5.97 Å². The largest absolute Gasteiger partial charge is 0.481 e. The van der Waals surface area contributed by atoms with Crippen molar-refractivity contribution >= 4 is 23.3 Å². The maximum atomic E-state index is 12.5.